The molecule has 2 bridgehead atoms. The average Bonchev–Trinajstić information content (AvgIpc) is 3.37. The van der Waals surface area contributed by atoms with E-state index in [0.29, 0.717) is 25.3 Å². The van der Waals surface area contributed by atoms with E-state index < -0.39 is 22.8 Å². The number of nitrogens with zero attached hydrogens (tertiary/aromatic N) is 4. The standard InChI is InChI=1S/C26H30F2N4O5/c1-24(2,3)37-23(34)32-15-5-6-25(32,4)11-31(10-15)20-16-7-14(27)8-18(28)19(16)29-22(30-20)36-13-26-9-17(26)21(33)35-12-26/h7-8,15,17H,5-6,9-13H2,1-4H3/t15-,17?,25+,26?/m1/s1. The van der Waals surface area contributed by atoms with E-state index in [1.165, 1.54) is 6.07 Å². The van der Waals surface area contributed by atoms with E-state index in [0.717, 1.165) is 18.9 Å². The number of amides is 1. The summed E-state index contributed by atoms with van der Waals surface area (Å²) in [6.07, 6.45) is 1.86. The van der Waals surface area contributed by atoms with Gasteiger partial charge in [-0.25, -0.2) is 13.6 Å². The van der Waals surface area contributed by atoms with Crippen LogP contribution in [0.1, 0.15) is 47.0 Å². The summed E-state index contributed by atoms with van der Waals surface area (Å²) in [6, 6.07) is 1.82. The first kappa shape index (κ1) is 24.1. The van der Waals surface area contributed by atoms with Crippen molar-refractivity contribution in [3.63, 3.8) is 0 Å². The van der Waals surface area contributed by atoms with Crippen LogP contribution in [0, 0.1) is 23.0 Å². The van der Waals surface area contributed by atoms with Gasteiger partial charge in [0.15, 0.2) is 5.82 Å². The fraction of sp³-hybridized carbons (Fsp3) is 0.615. The molecule has 3 saturated heterocycles. The topological polar surface area (TPSA) is 94.1 Å². The predicted molar refractivity (Wildman–Crippen MR) is 128 cm³/mol. The Hall–Kier alpha value is -3.24. The number of hydrogen-bond acceptors (Lipinski definition) is 8. The Morgan fingerprint density at radius 1 is 1.27 bits per heavy atom. The van der Waals surface area contributed by atoms with Crippen molar-refractivity contribution in [1.82, 2.24) is 14.9 Å². The average molecular weight is 517 g/mol. The second-order valence-corrected chi connectivity index (χ2v) is 12.0. The highest BCUT2D eigenvalue weighted by Gasteiger charge is 2.65. The van der Waals surface area contributed by atoms with Crippen molar-refractivity contribution in [3.05, 3.63) is 23.8 Å². The van der Waals surface area contributed by atoms with Crippen LogP contribution in [0.25, 0.3) is 10.9 Å². The summed E-state index contributed by atoms with van der Waals surface area (Å²) >= 11 is 0. The van der Waals surface area contributed by atoms with Gasteiger partial charge in [0.1, 0.15) is 36.0 Å². The Bertz CT molecular complexity index is 1320. The highest BCUT2D eigenvalue weighted by atomic mass is 19.1. The van der Waals surface area contributed by atoms with Gasteiger partial charge in [-0.2, -0.15) is 9.97 Å². The van der Waals surface area contributed by atoms with Gasteiger partial charge in [-0.15, -0.1) is 0 Å². The van der Waals surface area contributed by atoms with Crippen LogP contribution in [0.4, 0.5) is 19.4 Å². The van der Waals surface area contributed by atoms with E-state index in [-0.39, 0.29) is 59.6 Å². The predicted octanol–water partition coefficient (Wildman–Crippen LogP) is 3.83. The number of carbonyl (C=O) groups excluding carboxylic acids is 2. The maximum atomic E-state index is 14.9. The minimum Gasteiger partial charge on any atom is -0.465 e. The van der Waals surface area contributed by atoms with Gasteiger partial charge in [-0.3, -0.25) is 9.69 Å². The van der Waals surface area contributed by atoms with Gasteiger partial charge < -0.3 is 19.1 Å². The Morgan fingerprint density at radius 2 is 2.05 bits per heavy atom. The SMILES string of the molecule is CC(C)(C)OC(=O)N1[C@@H]2CC[C@@]1(C)CN(c1nc(OCC34COC(=O)C3C4)nc3c(F)cc(F)cc13)C2. The number of rotatable bonds is 4. The van der Waals surface area contributed by atoms with E-state index >= 15 is 0 Å². The normalized spacial score (nSPS) is 30.4. The molecule has 1 aromatic heterocycles. The molecule has 198 valence electrons. The van der Waals surface area contributed by atoms with E-state index in [1.54, 1.807) is 4.90 Å². The minimum atomic E-state index is -0.813. The van der Waals surface area contributed by atoms with Crippen LogP contribution in [0.15, 0.2) is 12.1 Å². The molecular formula is C26H30F2N4O5. The number of ether oxygens (including phenoxy) is 3. The zero-order valence-electron chi connectivity index (χ0n) is 21.3. The molecule has 2 unspecified atom stereocenters. The Balaban J connectivity index is 1.32. The number of cyclic esters (lactones) is 1. The number of halogens is 2. The summed E-state index contributed by atoms with van der Waals surface area (Å²) in [5.74, 6) is -1.60. The number of hydrogen-bond donors (Lipinski definition) is 0. The molecule has 0 spiro atoms. The zero-order chi connectivity index (χ0) is 26.3. The summed E-state index contributed by atoms with van der Waals surface area (Å²) in [5, 5.41) is 0.236. The smallest absolute Gasteiger partial charge is 0.411 e. The fourth-order valence-electron chi connectivity index (χ4n) is 6.06. The van der Waals surface area contributed by atoms with Gasteiger partial charge in [-0.1, -0.05) is 0 Å². The van der Waals surface area contributed by atoms with Gasteiger partial charge in [0.25, 0.3) is 0 Å². The van der Waals surface area contributed by atoms with Gasteiger partial charge in [-0.05, 0) is 53.0 Å². The molecule has 1 saturated carbocycles. The number of benzene rings is 1. The maximum Gasteiger partial charge on any atom is 0.411 e. The molecule has 11 heteroatoms. The molecule has 3 aliphatic heterocycles. The first-order valence-electron chi connectivity index (χ1n) is 12.6. The lowest BCUT2D eigenvalue weighted by Crippen LogP contribution is -2.63. The molecule has 9 nitrogen and oxygen atoms in total. The second kappa shape index (κ2) is 7.88. The molecule has 1 amide bonds. The first-order chi connectivity index (χ1) is 17.4. The molecule has 2 aromatic rings. The van der Waals surface area contributed by atoms with Crippen molar-refractivity contribution in [3.8, 4) is 6.01 Å². The summed E-state index contributed by atoms with van der Waals surface area (Å²) in [7, 11) is 0. The fourth-order valence-corrected chi connectivity index (χ4v) is 6.06. The number of piperazine rings is 1. The molecule has 1 aromatic carbocycles. The molecule has 0 radical (unpaired) electrons. The Morgan fingerprint density at radius 3 is 2.70 bits per heavy atom. The third kappa shape index (κ3) is 4.02. The summed E-state index contributed by atoms with van der Waals surface area (Å²) in [4.78, 5) is 37.4. The van der Waals surface area contributed by atoms with Crippen molar-refractivity contribution < 1.29 is 32.6 Å². The van der Waals surface area contributed by atoms with Gasteiger partial charge in [0, 0.05) is 24.5 Å². The molecule has 4 fully saturated rings. The molecule has 4 aliphatic rings. The Kier molecular flexibility index (Phi) is 5.14. The lowest BCUT2D eigenvalue weighted by molar-refractivity contribution is -0.141. The molecule has 4 heterocycles. The van der Waals surface area contributed by atoms with Crippen LogP contribution in [0.3, 0.4) is 0 Å². The number of aromatic nitrogens is 2. The quantitative estimate of drug-likeness (QED) is 0.566. The molecule has 37 heavy (non-hydrogen) atoms. The maximum absolute atomic E-state index is 14.9. The number of carbonyl (C=O) groups is 2. The van der Waals surface area contributed by atoms with E-state index in [1.807, 2.05) is 32.6 Å². The second-order valence-electron chi connectivity index (χ2n) is 12.0. The number of esters is 1. The summed E-state index contributed by atoms with van der Waals surface area (Å²) in [6.45, 7) is 8.77. The lowest BCUT2D eigenvalue weighted by atomic mass is 9.97. The summed E-state index contributed by atoms with van der Waals surface area (Å²) < 4.78 is 45.9. The largest absolute Gasteiger partial charge is 0.465 e. The van der Waals surface area contributed by atoms with E-state index in [2.05, 4.69) is 9.97 Å². The van der Waals surface area contributed by atoms with Gasteiger partial charge >= 0.3 is 18.1 Å². The van der Waals surface area contributed by atoms with Crippen molar-refractivity contribution >= 4 is 28.8 Å². The van der Waals surface area contributed by atoms with Crippen LogP contribution < -0.4 is 9.64 Å². The van der Waals surface area contributed by atoms with Crippen LogP contribution in [-0.2, 0) is 14.3 Å². The zero-order valence-corrected chi connectivity index (χ0v) is 21.3. The molecule has 4 atom stereocenters. The monoisotopic (exact) mass is 516 g/mol. The number of anilines is 1. The van der Waals surface area contributed by atoms with E-state index in [9.17, 15) is 18.4 Å². The van der Waals surface area contributed by atoms with Crippen LogP contribution in [0.2, 0.25) is 0 Å². The van der Waals surface area contributed by atoms with Gasteiger partial charge in [0.05, 0.1) is 22.9 Å². The van der Waals surface area contributed by atoms with Crippen molar-refractivity contribution in [2.45, 2.75) is 64.1 Å². The highest BCUT2D eigenvalue weighted by molar-refractivity contribution is 5.90. The van der Waals surface area contributed by atoms with Crippen LogP contribution in [-0.4, -0.2) is 70.4 Å². The van der Waals surface area contributed by atoms with E-state index in [4.69, 9.17) is 14.2 Å². The van der Waals surface area contributed by atoms with Crippen molar-refractivity contribution in [1.29, 1.82) is 0 Å². The minimum absolute atomic E-state index is 0.0422. The highest BCUT2D eigenvalue weighted by Crippen LogP contribution is 2.57. The third-order valence-corrected chi connectivity index (χ3v) is 7.96. The first-order valence-corrected chi connectivity index (χ1v) is 12.6. The third-order valence-electron chi connectivity index (χ3n) is 7.96. The molecule has 6 rings (SSSR count). The Labute approximate surface area is 213 Å². The molecule has 0 N–H and O–H groups in total. The molecule has 1 aliphatic carbocycles. The van der Waals surface area contributed by atoms with Crippen LogP contribution >= 0.6 is 0 Å². The summed E-state index contributed by atoms with van der Waals surface area (Å²) in [5.41, 5.74) is -1.60. The van der Waals surface area contributed by atoms with Crippen molar-refractivity contribution in [2.24, 2.45) is 11.3 Å². The lowest BCUT2D eigenvalue weighted by Gasteiger charge is -2.47. The van der Waals surface area contributed by atoms with Crippen LogP contribution in [0.5, 0.6) is 6.01 Å². The van der Waals surface area contributed by atoms with Gasteiger partial charge in [0.2, 0.25) is 0 Å². The van der Waals surface area contributed by atoms with Crippen molar-refractivity contribution in [2.75, 3.05) is 31.2 Å². The number of fused-ring (bicyclic) bond motifs is 4. The molecular weight excluding hydrogens is 486 g/mol.